The van der Waals surface area contributed by atoms with Crippen LogP contribution >= 0.6 is 24.4 Å². The van der Waals surface area contributed by atoms with Crippen molar-refractivity contribution in [1.82, 2.24) is 16.2 Å². The number of aryl methyl sites for hydroxylation is 2. The second kappa shape index (κ2) is 11.2. The van der Waals surface area contributed by atoms with Crippen LogP contribution in [0.2, 0.25) is 0 Å². The maximum absolute atomic E-state index is 5.28. The zero-order chi connectivity index (χ0) is 17.9. The average molecular weight is 367 g/mol. The van der Waals surface area contributed by atoms with Crippen molar-refractivity contribution >= 4 is 40.3 Å². The van der Waals surface area contributed by atoms with E-state index in [4.69, 9.17) is 24.4 Å². The molecule has 4 N–H and O–H groups in total. The third-order valence-corrected chi connectivity index (χ3v) is 4.60. The van der Waals surface area contributed by atoms with E-state index in [0.717, 1.165) is 18.7 Å². The Balaban J connectivity index is 2.30. The highest BCUT2D eigenvalue weighted by molar-refractivity contribution is 7.80. The van der Waals surface area contributed by atoms with Gasteiger partial charge in [-0.1, -0.05) is 39.2 Å². The molecule has 1 atom stereocenters. The van der Waals surface area contributed by atoms with Crippen LogP contribution in [0.1, 0.15) is 50.7 Å². The Morgan fingerprint density at radius 1 is 1.04 bits per heavy atom. The van der Waals surface area contributed by atoms with Crippen molar-refractivity contribution in [2.45, 2.75) is 53.4 Å². The average Bonchev–Trinajstić information content (AvgIpc) is 2.56. The van der Waals surface area contributed by atoms with Gasteiger partial charge in [0.2, 0.25) is 0 Å². The number of rotatable bonds is 7. The predicted molar refractivity (Wildman–Crippen MR) is 112 cm³/mol. The monoisotopic (exact) mass is 366 g/mol. The van der Waals surface area contributed by atoms with Gasteiger partial charge in [0.15, 0.2) is 10.2 Å². The van der Waals surface area contributed by atoms with Crippen molar-refractivity contribution in [3.05, 3.63) is 29.3 Å². The highest BCUT2D eigenvalue weighted by Gasteiger charge is 2.06. The topological polar surface area (TPSA) is 48.1 Å². The standard InChI is InChI=1S/C18H30N4S2/c1-5-7-8-15(6-2)12-19-17(23)21-22-18(24)20-16-10-9-13(3)14(4)11-16/h9-11,15H,5-8,12H2,1-4H3,(H2,19,21,23)(H2,20,22,24)/t15-/m0/s1. The molecule has 0 aliphatic carbocycles. The van der Waals surface area contributed by atoms with Gasteiger partial charge in [-0.05, 0) is 73.9 Å². The van der Waals surface area contributed by atoms with Crippen molar-refractivity contribution < 1.29 is 0 Å². The zero-order valence-corrected chi connectivity index (χ0v) is 16.8. The number of hydrogen-bond acceptors (Lipinski definition) is 2. The Labute approximate surface area is 157 Å². The van der Waals surface area contributed by atoms with Crippen LogP contribution in [0.3, 0.4) is 0 Å². The third-order valence-electron chi connectivity index (χ3n) is 4.15. The van der Waals surface area contributed by atoms with E-state index in [0.29, 0.717) is 16.1 Å². The predicted octanol–water partition coefficient (Wildman–Crippen LogP) is 4.19. The van der Waals surface area contributed by atoms with Gasteiger partial charge >= 0.3 is 0 Å². The van der Waals surface area contributed by atoms with Crippen molar-refractivity contribution in [3.8, 4) is 0 Å². The molecule has 1 aromatic carbocycles. The van der Waals surface area contributed by atoms with Gasteiger partial charge in [0, 0.05) is 12.2 Å². The molecule has 0 aromatic heterocycles. The van der Waals surface area contributed by atoms with Gasteiger partial charge in [0.05, 0.1) is 0 Å². The molecule has 6 heteroatoms. The zero-order valence-electron chi connectivity index (χ0n) is 15.2. The lowest BCUT2D eigenvalue weighted by atomic mass is 9.99. The minimum Gasteiger partial charge on any atom is -0.361 e. The summed E-state index contributed by atoms with van der Waals surface area (Å²) in [4.78, 5) is 0. The first-order valence-electron chi connectivity index (χ1n) is 8.64. The fourth-order valence-corrected chi connectivity index (χ4v) is 2.62. The Kier molecular flexibility index (Phi) is 9.64. The molecule has 0 aliphatic heterocycles. The lowest BCUT2D eigenvalue weighted by molar-refractivity contribution is 0.444. The molecular weight excluding hydrogens is 336 g/mol. The summed E-state index contributed by atoms with van der Waals surface area (Å²) >= 11 is 10.6. The normalized spacial score (nSPS) is 11.5. The molecule has 0 saturated heterocycles. The number of anilines is 1. The van der Waals surface area contributed by atoms with Crippen LogP contribution in [0.25, 0.3) is 0 Å². The van der Waals surface area contributed by atoms with Gasteiger partial charge in [-0.15, -0.1) is 0 Å². The van der Waals surface area contributed by atoms with Crippen LogP contribution in [0, 0.1) is 19.8 Å². The van der Waals surface area contributed by atoms with E-state index in [-0.39, 0.29) is 0 Å². The van der Waals surface area contributed by atoms with E-state index in [2.05, 4.69) is 61.3 Å². The molecule has 0 bridgehead atoms. The molecule has 0 spiro atoms. The quantitative estimate of drug-likeness (QED) is 0.429. The summed E-state index contributed by atoms with van der Waals surface area (Å²) in [6, 6.07) is 6.15. The van der Waals surface area contributed by atoms with Crippen LogP contribution in [0.4, 0.5) is 5.69 Å². The lowest BCUT2D eigenvalue weighted by Crippen LogP contribution is -2.49. The Hall–Kier alpha value is -1.40. The lowest BCUT2D eigenvalue weighted by Gasteiger charge is -2.18. The summed E-state index contributed by atoms with van der Waals surface area (Å²) in [5, 5.41) is 7.44. The van der Waals surface area contributed by atoms with E-state index < -0.39 is 0 Å². The Morgan fingerprint density at radius 2 is 1.75 bits per heavy atom. The number of benzene rings is 1. The molecule has 0 unspecified atom stereocenters. The molecule has 1 rings (SSSR count). The smallest absolute Gasteiger partial charge is 0.189 e. The van der Waals surface area contributed by atoms with E-state index in [1.54, 1.807) is 0 Å². The highest BCUT2D eigenvalue weighted by Crippen LogP contribution is 2.14. The van der Waals surface area contributed by atoms with Gasteiger partial charge in [0.25, 0.3) is 0 Å². The van der Waals surface area contributed by atoms with Crippen LogP contribution in [-0.2, 0) is 0 Å². The van der Waals surface area contributed by atoms with Gasteiger partial charge in [0.1, 0.15) is 0 Å². The molecule has 1 aromatic rings. The van der Waals surface area contributed by atoms with Gasteiger partial charge in [-0.2, -0.15) is 0 Å². The molecule has 4 nitrogen and oxygen atoms in total. The fraction of sp³-hybridized carbons (Fsp3) is 0.556. The second-order valence-corrected chi connectivity index (χ2v) is 6.95. The molecule has 0 radical (unpaired) electrons. The number of thiocarbonyl (C=S) groups is 2. The molecule has 24 heavy (non-hydrogen) atoms. The summed E-state index contributed by atoms with van der Waals surface area (Å²) in [6.45, 7) is 9.50. The first-order chi connectivity index (χ1) is 11.5. The molecular formula is C18H30N4S2. The summed E-state index contributed by atoms with van der Waals surface area (Å²) in [6.07, 6.45) is 4.90. The fourth-order valence-electron chi connectivity index (χ4n) is 2.32. The van der Waals surface area contributed by atoms with Crippen LogP contribution < -0.4 is 21.5 Å². The second-order valence-electron chi connectivity index (χ2n) is 6.13. The van der Waals surface area contributed by atoms with Crippen molar-refractivity contribution in [1.29, 1.82) is 0 Å². The molecule has 0 heterocycles. The first-order valence-corrected chi connectivity index (χ1v) is 9.46. The van der Waals surface area contributed by atoms with Gasteiger partial charge < -0.3 is 10.6 Å². The molecule has 0 fully saturated rings. The Bertz CT molecular complexity index is 546. The number of hydrogen-bond donors (Lipinski definition) is 4. The number of unbranched alkanes of at least 4 members (excludes halogenated alkanes) is 1. The Morgan fingerprint density at radius 3 is 2.38 bits per heavy atom. The van der Waals surface area contributed by atoms with Crippen LogP contribution in [0.15, 0.2) is 18.2 Å². The third kappa shape index (κ3) is 7.93. The molecule has 0 aliphatic rings. The minimum atomic E-state index is 0.487. The maximum Gasteiger partial charge on any atom is 0.189 e. The summed E-state index contributed by atoms with van der Waals surface area (Å²) in [7, 11) is 0. The van der Waals surface area contributed by atoms with E-state index in [1.807, 2.05) is 6.07 Å². The van der Waals surface area contributed by atoms with E-state index in [1.165, 1.54) is 30.4 Å². The summed E-state index contributed by atoms with van der Waals surface area (Å²) < 4.78 is 0. The first kappa shape index (κ1) is 20.6. The van der Waals surface area contributed by atoms with Crippen molar-refractivity contribution in [2.75, 3.05) is 11.9 Å². The number of hydrazine groups is 1. The molecule has 0 amide bonds. The SMILES string of the molecule is CCCC[C@H](CC)CNC(=S)NNC(=S)Nc1ccc(C)c(C)c1. The summed E-state index contributed by atoms with van der Waals surface area (Å²) in [5.41, 5.74) is 9.30. The minimum absolute atomic E-state index is 0.487. The van der Waals surface area contributed by atoms with E-state index in [9.17, 15) is 0 Å². The van der Waals surface area contributed by atoms with Crippen molar-refractivity contribution in [2.24, 2.45) is 5.92 Å². The highest BCUT2D eigenvalue weighted by atomic mass is 32.1. The van der Waals surface area contributed by atoms with Crippen LogP contribution in [-0.4, -0.2) is 16.8 Å². The maximum atomic E-state index is 5.28. The van der Waals surface area contributed by atoms with Gasteiger partial charge in [-0.3, -0.25) is 10.9 Å². The van der Waals surface area contributed by atoms with E-state index >= 15 is 0 Å². The largest absolute Gasteiger partial charge is 0.361 e. The van der Waals surface area contributed by atoms with Crippen molar-refractivity contribution in [3.63, 3.8) is 0 Å². The summed E-state index contributed by atoms with van der Waals surface area (Å²) in [5.74, 6) is 0.658. The molecule has 134 valence electrons. The van der Waals surface area contributed by atoms with Crippen LogP contribution in [0.5, 0.6) is 0 Å². The van der Waals surface area contributed by atoms with Gasteiger partial charge in [-0.25, -0.2) is 0 Å². The number of nitrogens with one attached hydrogen (secondary N) is 4. The molecule has 0 saturated carbocycles.